The van der Waals surface area contributed by atoms with Crippen molar-refractivity contribution in [1.82, 2.24) is 5.43 Å². The van der Waals surface area contributed by atoms with Gasteiger partial charge >= 0.3 is 5.91 Å². The summed E-state index contributed by atoms with van der Waals surface area (Å²) in [4.78, 5) is 11.0. The molecule has 7 heteroatoms. The van der Waals surface area contributed by atoms with Crippen molar-refractivity contribution >= 4 is 17.7 Å². The van der Waals surface area contributed by atoms with Crippen molar-refractivity contribution in [3.05, 3.63) is 23.7 Å². The van der Waals surface area contributed by atoms with E-state index in [2.05, 4.69) is 0 Å². The molecule has 0 radical (unpaired) electrons. The number of rotatable bonds is 6. The Morgan fingerprint density at radius 1 is 1.62 bits per heavy atom. The zero-order valence-corrected chi connectivity index (χ0v) is 9.37. The Kier molecular flexibility index (Phi) is 5.33. The first kappa shape index (κ1) is 13.0. The standard InChI is InChI=1S/C9H14N2O4S/c10-11-9(14)8-2-1-7(15-8)5-16-4-6(13)3-12/h1-2,6,12-13H,3-5,10H2,(H,11,14). The number of hydrogen-bond donors (Lipinski definition) is 4. The van der Waals surface area contributed by atoms with Crippen molar-refractivity contribution in [2.75, 3.05) is 12.4 Å². The number of carbonyl (C=O) groups is 1. The van der Waals surface area contributed by atoms with Gasteiger partial charge in [-0.1, -0.05) is 0 Å². The summed E-state index contributed by atoms with van der Waals surface area (Å²) in [5.74, 6) is 6.17. The highest BCUT2D eigenvalue weighted by molar-refractivity contribution is 7.98. The number of nitrogens with one attached hydrogen (secondary N) is 1. The first-order valence-corrected chi connectivity index (χ1v) is 5.79. The Morgan fingerprint density at radius 3 is 3.00 bits per heavy atom. The molecule has 5 N–H and O–H groups in total. The van der Waals surface area contributed by atoms with Crippen LogP contribution in [0.3, 0.4) is 0 Å². The molecule has 0 saturated carbocycles. The number of aliphatic hydroxyl groups excluding tert-OH is 2. The summed E-state index contributed by atoms with van der Waals surface area (Å²) in [5.41, 5.74) is 1.97. The van der Waals surface area contributed by atoms with Crippen LogP contribution in [0.1, 0.15) is 16.3 Å². The highest BCUT2D eigenvalue weighted by Gasteiger charge is 2.10. The second-order valence-electron chi connectivity index (χ2n) is 3.09. The van der Waals surface area contributed by atoms with Gasteiger partial charge in [0.25, 0.3) is 0 Å². The monoisotopic (exact) mass is 246 g/mol. The Hall–Kier alpha value is -1.02. The number of carbonyl (C=O) groups excluding carboxylic acids is 1. The van der Waals surface area contributed by atoms with Crippen molar-refractivity contribution < 1.29 is 19.4 Å². The quantitative estimate of drug-likeness (QED) is 0.305. The summed E-state index contributed by atoms with van der Waals surface area (Å²) in [6.45, 7) is -0.258. The lowest BCUT2D eigenvalue weighted by molar-refractivity contribution is 0.0924. The van der Waals surface area contributed by atoms with Crippen LogP contribution in [0.5, 0.6) is 0 Å². The lowest BCUT2D eigenvalue weighted by Crippen LogP contribution is -2.29. The van der Waals surface area contributed by atoms with Crippen LogP contribution in [-0.4, -0.2) is 34.6 Å². The largest absolute Gasteiger partial charge is 0.455 e. The molecule has 1 amide bonds. The molecule has 0 aromatic carbocycles. The molecule has 90 valence electrons. The van der Waals surface area contributed by atoms with Crippen LogP contribution in [0.2, 0.25) is 0 Å². The molecular weight excluding hydrogens is 232 g/mol. The van der Waals surface area contributed by atoms with Gasteiger partial charge in [0.2, 0.25) is 0 Å². The Labute approximate surface area is 96.8 Å². The first-order chi connectivity index (χ1) is 7.67. The van der Waals surface area contributed by atoms with Crippen molar-refractivity contribution in [3.63, 3.8) is 0 Å². The number of amides is 1. The third-order valence-electron chi connectivity index (χ3n) is 1.78. The van der Waals surface area contributed by atoms with Gasteiger partial charge in [-0.25, -0.2) is 5.84 Å². The van der Waals surface area contributed by atoms with Gasteiger partial charge in [-0.2, -0.15) is 11.8 Å². The van der Waals surface area contributed by atoms with Gasteiger partial charge in [-0.15, -0.1) is 0 Å². The molecule has 0 aliphatic heterocycles. The van der Waals surface area contributed by atoms with E-state index in [1.807, 2.05) is 5.43 Å². The highest BCUT2D eigenvalue weighted by atomic mass is 32.2. The molecule has 1 rings (SSSR count). The molecular formula is C9H14N2O4S. The topological polar surface area (TPSA) is 109 Å². The van der Waals surface area contributed by atoms with Gasteiger partial charge in [0, 0.05) is 5.75 Å². The van der Waals surface area contributed by atoms with E-state index in [-0.39, 0.29) is 12.4 Å². The molecule has 0 aliphatic carbocycles. The molecule has 0 bridgehead atoms. The zero-order chi connectivity index (χ0) is 12.0. The molecule has 0 aliphatic rings. The zero-order valence-electron chi connectivity index (χ0n) is 8.55. The van der Waals surface area contributed by atoms with Crippen molar-refractivity contribution in [2.24, 2.45) is 5.84 Å². The van der Waals surface area contributed by atoms with Crippen LogP contribution < -0.4 is 11.3 Å². The van der Waals surface area contributed by atoms with Crippen molar-refractivity contribution in [3.8, 4) is 0 Å². The normalized spacial score (nSPS) is 12.4. The first-order valence-electron chi connectivity index (χ1n) is 4.63. The maximum atomic E-state index is 11.0. The van der Waals surface area contributed by atoms with Gasteiger partial charge in [0.1, 0.15) is 5.76 Å². The lowest BCUT2D eigenvalue weighted by atomic mass is 10.4. The average molecular weight is 246 g/mol. The van der Waals surface area contributed by atoms with E-state index in [1.54, 1.807) is 6.07 Å². The second-order valence-corrected chi connectivity index (χ2v) is 4.12. The summed E-state index contributed by atoms with van der Waals surface area (Å²) in [5, 5.41) is 17.7. The van der Waals surface area contributed by atoms with Crippen LogP contribution in [0.25, 0.3) is 0 Å². The molecule has 1 aromatic heterocycles. The minimum Gasteiger partial charge on any atom is -0.455 e. The van der Waals surface area contributed by atoms with Crippen LogP contribution in [0.4, 0.5) is 0 Å². The molecule has 1 atom stereocenters. The third-order valence-corrected chi connectivity index (χ3v) is 2.89. The van der Waals surface area contributed by atoms with Crippen molar-refractivity contribution in [2.45, 2.75) is 11.9 Å². The SMILES string of the molecule is NNC(=O)c1ccc(CSCC(O)CO)o1. The van der Waals surface area contributed by atoms with Crippen molar-refractivity contribution in [1.29, 1.82) is 0 Å². The van der Waals surface area contributed by atoms with E-state index < -0.39 is 12.0 Å². The van der Waals surface area contributed by atoms with Gasteiger partial charge in [0.05, 0.1) is 18.5 Å². The summed E-state index contributed by atoms with van der Waals surface area (Å²) >= 11 is 1.40. The van der Waals surface area contributed by atoms with E-state index in [9.17, 15) is 4.79 Å². The van der Waals surface area contributed by atoms with Crippen LogP contribution in [0, 0.1) is 0 Å². The molecule has 1 aromatic rings. The van der Waals surface area contributed by atoms with Crippen LogP contribution in [-0.2, 0) is 5.75 Å². The fourth-order valence-electron chi connectivity index (χ4n) is 0.997. The molecule has 0 fully saturated rings. The van der Waals surface area contributed by atoms with Gasteiger partial charge < -0.3 is 14.6 Å². The molecule has 16 heavy (non-hydrogen) atoms. The van der Waals surface area contributed by atoms with E-state index >= 15 is 0 Å². The Bertz CT molecular complexity index is 342. The van der Waals surface area contributed by atoms with E-state index in [4.69, 9.17) is 20.5 Å². The fraction of sp³-hybridized carbons (Fsp3) is 0.444. The third kappa shape index (κ3) is 3.86. The highest BCUT2D eigenvalue weighted by Crippen LogP contribution is 2.16. The summed E-state index contributed by atoms with van der Waals surface area (Å²) < 4.78 is 5.19. The smallest absolute Gasteiger partial charge is 0.300 e. The molecule has 0 saturated heterocycles. The van der Waals surface area contributed by atoms with Crippen LogP contribution in [0.15, 0.2) is 16.5 Å². The Morgan fingerprint density at radius 2 is 2.38 bits per heavy atom. The number of nitrogens with two attached hydrogens (primary N) is 1. The maximum absolute atomic E-state index is 11.0. The number of aliphatic hydroxyl groups is 2. The Balaban J connectivity index is 2.38. The number of hydrazine groups is 1. The summed E-state index contributed by atoms with van der Waals surface area (Å²) in [6.07, 6.45) is -0.730. The number of thioether (sulfide) groups is 1. The van der Waals surface area contributed by atoms with Crippen LogP contribution >= 0.6 is 11.8 Å². The molecule has 1 heterocycles. The molecule has 0 spiro atoms. The van der Waals surface area contributed by atoms with Gasteiger partial charge in [-0.05, 0) is 12.1 Å². The molecule has 1 unspecified atom stereocenters. The lowest BCUT2D eigenvalue weighted by Gasteiger charge is -2.04. The number of hydrogen-bond acceptors (Lipinski definition) is 6. The number of nitrogen functional groups attached to an aromatic ring is 1. The summed E-state index contributed by atoms with van der Waals surface area (Å²) in [6, 6.07) is 3.20. The van der Waals surface area contributed by atoms with E-state index in [1.165, 1.54) is 17.8 Å². The fourth-order valence-corrected chi connectivity index (χ4v) is 1.85. The van der Waals surface area contributed by atoms with E-state index in [0.29, 0.717) is 17.3 Å². The summed E-state index contributed by atoms with van der Waals surface area (Å²) in [7, 11) is 0. The minimum absolute atomic E-state index is 0.154. The number of furan rings is 1. The van der Waals surface area contributed by atoms with Gasteiger partial charge in [0.15, 0.2) is 5.76 Å². The predicted octanol–water partition coefficient (Wildman–Crippen LogP) is -0.531. The average Bonchev–Trinajstić information content (AvgIpc) is 2.76. The maximum Gasteiger partial charge on any atom is 0.300 e. The van der Waals surface area contributed by atoms with Gasteiger partial charge in [-0.3, -0.25) is 10.2 Å². The van der Waals surface area contributed by atoms with E-state index in [0.717, 1.165) is 0 Å². The second kappa shape index (κ2) is 6.54. The predicted molar refractivity (Wildman–Crippen MR) is 59.6 cm³/mol. The minimum atomic E-state index is -0.730. The molecule has 6 nitrogen and oxygen atoms in total.